The third-order valence-electron chi connectivity index (χ3n) is 2.18. The first kappa shape index (κ1) is 14.9. The van der Waals surface area contributed by atoms with Crippen molar-refractivity contribution < 1.29 is 9.59 Å². The molecule has 0 radical (unpaired) electrons. The fourth-order valence-electron chi connectivity index (χ4n) is 1.29. The van der Waals surface area contributed by atoms with Crippen LogP contribution < -0.4 is 5.32 Å². The molecule has 2 amide bonds. The van der Waals surface area contributed by atoms with Crippen molar-refractivity contribution in [1.82, 2.24) is 10.2 Å². The van der Waals surface area contributed by atoms with Gasteiger partial charge in [0.15, 0.2) is 0 Å². The van der Waals surface area contributed by atoms with Gasteiger partial charge in [0.25, 0.3) is 0 Å². The summed E-state index contributed by atoms with van der Waals surface area (Å²) < 4.78 is 1.01. The molecule has 0 bridgehead atoms. The van der Waals surface area contributed by atoms with Crippen LogP contribution >= 0.6 is 27.3 Å². The van der Waals surface area contributed by atoms with E-state index in [1.165, 1.54) is 11.0 Å². The van der Waals surface area contributed by atoms with Crippen LogP contribution in [0.15, 0.2) is 21.3 Å². The minimum atomic E-state index is -0.522. The standard InChI is InChI=1S/C12H15BrN2O2S/c1-8(12(17)15(2)3)14-11(16)5-4-9-6-10(13)18-7-9/h4-8H,1-3H3,(H,14,16)/b5-4-/t8-/m0/s1. The van der Waals surface area contributed by atoms with Crippen molar-refractivity contribution in [3.05, 3.63) is 26.9 Å². The zero-order chi connectivity index (χ0) is 13.7. The monoisotopic (exact) mass is 330 g/mol. The predicted octanol–water partition coefficient (Wildman–Crippen LogP) is 2.12. The van der Waals surface area contributed by atoms with Crippen molar-refractivity contribution in [2.75, 3.05) is 14.1 Å². The minimum absolute atomic E-state index is 0.130. The summed E-state index contributed by atoms with van der Waals surface area (Å²) in [7, 11) is 3.31. The first-order chi connectivity index (χ1) is 8.40. The molecule has 18 heavy (non-hydrogen) atoms. The van der Waals surface area contributed by atoms with E-state index in [0.29, 0.717) is 0 Å². The molecule has 0 saturated carbocycles. The molecule has 0 spiro atoms. The summed E-state index contributed by atoms with van der Waals surface area (Å²) in [6.07, 6.45) is 3.14. The Hall–Kier alpha value is -1.14. The molecule has 0 aliphatic carbocycles. The number of hydrogen-bond acceptors (Lipinski definition) is 3. The Morgan fingerprint density at radius 2 is 2.17 bits per heavy atom. The molecule has 1 N–H and O–H groups in total. The van der Waals surface area contributed by atoms with Crippen molar-refractivity contribution in [3.8, 4) is 0 Å². The maximum Gasteiger partial charge on any atom is 0.244 e. The number of nitrogens with one attached hydrogen (secondary N) is 1. The van der Waals surface area contributed by atoms with E-state index in [1.807, 2.05) is 11.4 Å². The Kier molecular flexibility index (Phi) is 5.55. The molecule has 1 aromatic rings. The van der Waals surface area contributed by atoms with Crippen molar-refractivity contribution >= 4 is 45.2 Å². The summed E-state index contributed by atoms with van der Waals surface area (Å²) in [5, 5.41) is 4.55. The highest BCUT2D eigenvalue weighted by Gasteiger charge is 2.15. The highest BCUT2D eigenvalue weighted by Crippen LogP contribution is 2.21. The topological polar surface area (TPSA) is 49.4 Å². The van der Waals surface area contributed by atoms with E-state index in [-0.39, 0.29) is 11.8 Å². The van der Waals surface area contributed by atoms with Crippen LogP contribution in [0.2, 0.25) is 0 Å². The van der Waals surface area contributed by atoms with Gasteiger partial charge < -0.3 is 10.2 Å². The molecular weight excluding hydrogens is 316 g/mol. The zero-order valence-electron chi connectivity index (χ0n) is 10.4. The lowest BCUT2D eigenvalue weighted by Crippen LogP contribution is -2.43. The van der Waals surface area contributed by atoms with Gasteiger partial charge in [-0.1, -0.05) is 0 Å². The van der Waals surface area contributed by atoms with Crippen LogP contribution in [-0.2, 0) is 9.59 Å². The maximum atomic E-state index is 11.6. The van der Waals surface area contributed by atoms with Crippen LogP contribution in [0.4, 0.5) is 0 Å². The number of halogens is 1. The second-order valence-corrected chi connectivity index (χ2v) is 6.27. The van der Waals surface area contributed by atoms with E-state index in [2.05, 4.69) is 21.2 Å². The summed E-state index contributed by atoms with van der Waals surface area (Å²) in [5.41, 5.74) is 0.952. The molecule has 98 valence electrons. The van der Waals surface area contributed by atoms with E-state index >= 15 is 0 Å². The SMILES string of the molecule is C[C@H](NC(=O)/C=C\c1csc(Br)c1)C(=O)N(C)C. The van der Waals surface area contributed by atoms with E-state index in [4.69, 9.17) is 0 Å². The van der Waals surface area contributed by atoms with Gasteiger partial charge in [0.2, 0.25) is 11.8 Å². The van der Waals surface area contributed by atoms with Crippen LogP contribution in [0.1, 0.15) is 12.5 Å². The Bertz CT molecular complexity index is 468. The van der Waals surface area contributed by atoms with Crippen molar-refractivity contribution in [1.29, 1.82) is 0 Å². The number of amides is 2. The second-order valence-electron chi connectivity index (χ2n) is 3.98. The lowest BCUT2D eigenvalue weighted by atomic mass is 10.2. The number of carbonyl (C=O) groups is 2. The van der Waals surface area contributed by atoms with Crippen molar-refractivity contribution in [3.63, 3.8) is 0 Å². The molecule has 1 aromatic heterocycles. The quantitative estimate of drug-likeness (QED) is 0.859. The molecule has 6 heteroatoms. The van der Waals surface area contributed by atoms with E-state index in [0.717, 1.165) is 9.35 Å². The summed E-state index contributed by atoms with van der Waals surface area (Å²) in [4.78, 5) is 24.6. The molecule has 4 nitrogen and oxygen atoms in total. The van der Waals surface area contributed by atoms with E-state index in [1.54, 1.807) is 38.4 Å². The molecule has 0 aromatic carbocycles. The average Bonchev–Trinajstić information content (AvgIpc) is 2.71. The van der Waals surface area contributed by atoms with E-state index in [9.17, 15) is 9.59 Å². The molecule has 0 aliphatic rings. The van der Waals surface area contributed by atoms with Gasteiger partial charge in [-0.25, -0.2) is 0 Å². The molecule has 0 unspecified atom stereocenters. The van der Waals surface area contributed by atoms with Gasteiger partial charge >= 0.3 is 0 Å². The average molecular weight is 331 g/mol. The fourth-order valence-corrected chi connectivity index (χ4v) is 2.44. The highest BCUT2D eigenvalue weighted by atomic mass is 79.9. The van der Waals surface area contributed by atoms with Gasteiger partial charge in [-0.15, -0.1) is 11.3 Å². The Balaban J connectivity index is 2.51. The Morgan fingerprint density at radius 3 is 2.67 bits per heavy atom. The molecule has 0 aliphatic heterocycles. The van der Waals surface area contributed by atoms with Gasteiger partial charge in [-0.05, 0) is 45.9 Å². The van der Waals surface area contributed by atoms with Crippen LogP contribution in [0.5, 0.6) is 0 Å². The van der Waals surface area contributed by atoms with Gasteiger partial charge in [0.05, 0.1) is 3.79 Å². The highest BCUT2D eigenvalue weighted by molar-refractivity contribution is 9.11. The molecule has 1 atom stereocenters. The van der Waals surface area contributed by atoms with Gasteiger partial charge in [-0.2, -0.15) is 0 Å². The third-order valence-corrected chi connectivity index (χ3v) is 3.71. The molecule has 0 fully saturated rings. The number of hydrogen-bond donors (Lipinski definition) is 1. The zero-order valence-corrected chi connectivity index (χ0v) is 12.8. The minimum Gasteiger partial charge on any atom is -0.347 e. The first-order valence-corrected chi connectivity index (χ1v) is 7.01. The normalized spacial score (nSPS) is 12.4. The predicted molar refractivity (Wildman–Crippen MR) is 77.4 cm³/mol. The molecule has 0 saturated heterocycles. The number of likely N-dealkylation sites (N-methyl/N-ethyl adjacent to an activating group) is 1. The number of carbonyl (C=O) groups excluding carboxylic acids is 2. The van der Waals surface area contributed by atoms with Crippen LogP contribution in [0.3, 0.4) is 0 Å². The molecular formula is C12H15BrN2O2S. The maximum absolute atomic E-state index is 11.6. The van der Waals surface area contributed by atoms with Crippen molar-refractivity contribution in [2.45, 2.75) is 13.0 Å². The fraction of sp³-hybridized carbons (Fsp3) is 0.333. The summed E-state index contributed by atoms with van der Waals surface area (Å²) in [5.74, 6) is -0.407. The summed E-state index contributed by atoms with van der Waals surface area (Å²) >= 11 is 4.90. The smallest absolute Gasteiger partial charge is 0.244 e. The first-order valence-electron chi connectivity index (χ1n) is 5.34. The van der Waals surface area contributed by atoms with E-state index < -0.39 is 6.04 Å². The molecule has 1 rings (SSSR count). The lowest BCUT2D eigenvalue weighted by molar-refractivity contribution is -0.132. The molecule has 1 heterocycles. The van der Waals surface area contributed by atoms with Crippen LogP contribution in [0.25, 0.3) is 6.08 Å². The number of rotatable bonds is 4. The summed E-state index contributed by atoms with van der Waals surface area (Å²) in [6.45, 7) is 1.66. The lowest BCUT2D eigenvalue weighted by Gasteiger charge is -2.16. The third kappa shape index (κ3) is 4.62. The van der Waals surface area contributed by atoms with Gasteiger partial charge in [-0.3, -0.25) is 9.59 Å². The Morgan fingerprint density at radius 1 is 1.50 bits per heavy atom. The van der Waals surface area contributed by atoms with Crippen LogP contribution in [0, 0.1) is 0 Å². The number of thiophene rings is 1. The second kappa shape index (κ2) is 6.70. The number of nitrogens with zero attached hydrogens (tertiary/aromatic N) is 1. The Labute approximate surface area is 119 Å². The van der Waals surface area contributed by atoms with Gasteiger partial charge in [0, 0.05) is 20.2 Å². The van der Waals surface area contributed by atoms with Crippen molar-refractivity contribution in [2.24, 2.45) is 0 Å². The largest absolute Gasteiger partial charge is 0.347 e. The summed E-state index contributed by atoms with van der Waals surface area (Å²) in [6, 6.07) is 1.40. The van der Waals surface area contributed by atoms with Gasteiger partial charge in [0.1, 0.15) is 6.04 Å². The van der Waals surface area contributed by atoms with Crippen LogP contribution in [-0.4, -0.2) is 36.9 Å².